The monoisotopic (exact) mass is 225 g/mol. The average Bonchev–Trinajstić information content (AvgIpc) is 2.17. The van der Waals surface area contributed by atoms with Gasteiger partial charge in [-0.05, 0) is 38.5 Å². The molecule has 0 aliphatic heterocycles. The van der Waals surface area contributed by atoms with Crippen LogP contribution in [-0.4, -0.2) is 11.4 Å². The topological polar surface area (TPSA) is 29.1 Å². The molecular formula is C12H16ClNO. The number of rotatable bonds is 3. The number of amides is 1. The smallest absolute Gasteiger partial charge is 0.251 e. The summed E-state index contributed by atoms with van der Waals surface area (Å²) in [5.74, 6) is -0.0793. The molecule has 1 rings (SSSR count). The normalized spacial score (nSPS) is 11.2. The zero-order valence-corrected chi connectivity index (χ0v) is 10.1. The van der Waals surface area contributed by atoms with Gasteiger partial charge in [-0.2, -0.15) is 0 Å². The Morgan fingerprint density at radius 1 is 1.47 bits per heavy atom. The van der Waals surface area contributed by atoms with Crippen molar-refractivity contribution < 1.29 is 4.79 Å². The SMILES string of the molecule is CCC(C)(C)NC(=O)c1cccc(Cl)c1. The van der Waals surface area contributed by atoms with E-state index < -0.39 is 0 Å². The van der Waals surface area contributed by atoms with Crippen molar-refractivity contribution in [3.8, 4) is 0 Å². The molecule has 0 atom stereocenters. The van der Waals surface area contributed by atoms with E-state index in [1.165, 1.54) is 0 Å². The minimum absolute atomic E-state index is 0.0793. The van der Waals surface area contributed by atoms with Crippen molar-refractivity contribution in [3.05, 3.63) is 34.9 Å². The molecule has 0 aromatic heterocycles. The van der Waals surface area contributed by atoms with Gasteiger partial charge in [0.15, 0.2) is 0 Å². The molecule has 2 nitrogen and oxygen atoms in total. The van der Waals surface area contributed by atoms with Crippen LogP contribution >= 0.6 is 11.6 Å². The first-order chi connectivity index (χ1) is 6.94. The van der Waals surface area contributed by atoms with Crippen molar-refractivity contribution in [2.45, 2.75) is 32.7 Å². The highest BCUT2D eigenvalue weighted by atomic mass is 35.5. The Labute approximate surface area is 95.6 Å². The molecule has 0 bridgehead atoms. The second-order valence-electron chi connectivity index (χ2n) is 4.20. The highest BCUT2D eigenvalue weighted by molar-refractivity contribution is 6.30. The van der Waals surface area contributed by atoms with E-state index in [9.17, 15) is 4.79 Å². The Hall–Kier alpha value is -1.02. The number of hydrogen-bond acceptors (Lipinski definition) is 1. The molecule has 0 aliphatic rings. The number of benzene rings is 1. The predicted octanol–water partition coefficient (Wildman–Crippen LogP) is 3.26. The zero-order chi connectivity index (χ0) is 11.5. The Morgan fingerprint density at radius 2 is 2.13 bits per heavy atom. The summed E-state index contributed by atoms with van der Waals surface area (Å²) in [4.78, 5) is 11.8. The van der Waals surface area contributed by atoms with Gasteiger partial charge in [0.2, 0.25) is 0 Å². The van der Waals surface area contributed by atoms with Crippen molar-refractivity contribution in [1.29, 1.82) is 0 Å². The summed E-state index contributed by atoms with van der Waals surface area (Å²) in [5, 5.41) is 3.53. The Balaban J connectivity index is 2.78. The first-order valence-corrected chi connectivity index (χ1v) is 5.40. The molecule has 0 spiro atoms. The molecule has 1 aromatic rings. The van der Waals surface area contributed by atoms with E-state index in [-0.39, 0.29) is 11.4 Å². The van der Waals surface area contributed by atoms with E-state index in [1.807, 2.05) is 20.8 Å². The quantitative estimate of drug-likeness (QED) is 0.841. The first-order valence-electron chi connectivity index (χ1n) is 5.03. The van der Waals surface area contributed by atoms with Crippen molar-refractivity contribution in [3.63, 3.8) is 0 Å². The summed E-state index contributed by atoms with van der Waals surface area (Å²) in [6, 6.07) is 6.95. The molecule has 1 N–H and O–H groups in total. The summed E-state index contributed by atoms with van der Waals surface area (Å²) in [5.41, 5.74) is 0.420. The average molecular weight is 226 g/mol. The van der Waals surface area contributed by atoms with E-state index in [1.54, 1.807) is 24.3 Å². The van der Waals surface area contributed by atoms with E-state index >= 15 is 0 Å². The molecule has 3 heteroatoms. The van der Waals surface area contributed by atoms with Crippen LogP contribution in [0.3, 0.4) is 0 Å². The third kappa shape index (κ3) is 3.56. The molecule has 0 heterocycles. The lowest BCUT2D eigenvalue weighted by Gasteiger charge is -2.24. The first kappa shape index (κ1) is 12.1. The van der Waals surface area contributed by atoms with E-state index in [2.05, 4.69) is 5.32 Å². The Kier molecular flexibility index (Phi) is 3.75. The van der Waals surface area contributed by atoms with Crippen LogP contribution in [0.5, 0.6) is 0 Å². The number of carbonyl (C=O) groups excluding carboxylic acids is 1. The van der Waals surface area contributed by atoms with Crippen LogP contribution < -0.4 is 5.32 Å². The molecule has 0 aliphatic carbocycles. The molecule has 82 valence electrons. The van der Waals surface area contributed by atoms with Crippen LogP contribution in [0.1, 0.15) is 37.6 Å². The van der Waals surface area contributed by atoms with Gasteiger partial charge in [0, 0.05) is 16.1 Å². The van der Waals surface area contributed by atoms with Crippen LogP contribution in [0.25, 0.3) is 0 Å². The fourth-order valence-electron chi connectivity index (χ4n) is 1.10. The van der Waals surface area contributed by atoms with Gasteiger partial charge in [0.1, 0.15) is 0 Å². The summed E-state index contributed by atoms with van der Waals surface area (Å²) >= 11 is 5.81. The van der Waals surface area contributed by atoms with Crippen molar-refractivity contribution in [1.82, 2.24) is 5.32 Å². The van der Waals surface area contributed by atoms with Crippen LogP contribution in [0.15, 0.2) is 24.3 Å². The van der Waals surface area contributed by atoms with Gasteiger partial charge in [-0.1, -0.05) is 24.6 Å². The van der Waals surface area contributed by atoms with Gasteiger partial charge >= 0.3 is 0 Å². The van der Waals surface area contributed by atoms with Crippen molar-refractivity contribution in [2.24, 2.45) is 0 Å². The molecule has 0 saturated heterocycles. The second-order valence-corrected chi connectivity index (χ2v) is 4.64. The highest BCUT2D eigenvalue weighted by Gasteiger charge is 2.18. The maximum absolute atomic E-state index is 11.8. The van der Waals surface area contributed by atoms with Gasteiger partial charge in [-0.25, -0.2) is 0 Å². The van der Waals surface area contributed by atoms with Crippen molar-refractivity contribution in [2.75, 3.05) is 0 Å². The van der Waals surface area contributed by atoms with Crippen LogP contribution in [0.2, 0.25) is 5.02 Å². The van der Waals surface area contributed by atoms with Gasteiger partial charge in [0.25, 0.3) is 5.91 Å². The summed E-state index contributed by atoms with van der Waals surface area (Å²) < 4.78 is 0. The van der Waals surface area contributed by atoms with Gasteiger partial charge in [0.05, 0.1) is 0 Å². The third-order valence-corrected chi connectivity index (χ3v) is 2.66. The lowest BCUT2D eigenvalue weighted by molar-refractivity contribution is 0.0911. The summed E-state index contributed by atoms with van der Waals surface area (Å²) in [7, 11) is 0. The fourth-order valence-corrected chi connectivity index (χ4v) is 1.29. The molecule has 0 fully saturated rings. The van der Waals surface area contributed by atoms with E-state index in [4.69, 9.17) is 11.6 Å². The lowest BCUT2D eigenvalue weighted by atomic mass is 10.0. The number of halogens is 1. The minimum atomic E-state index is -0.181. The van der Waals surface area contributed by atoms with E-state index in [0.717, 1.165) is 6.42 Å². The van der Waals surface area contributed by atoms with E-state index in [0.29, 0.717) is 10.6 Å². The third-order valence-electron chi connectivity index (χ3n) is 2.42. The summed E-state index contributed by atoms with van der Waals surface area (Å²) in [6.07, 6.45) is 0.888. The largest absolute Gasteiger partial charge is 0.347 e. The zero-order valence-electron chi connectivity index (χ0n) is 9.30. The Morgan fingerprint density at radius 3 is 2.67 bits per heavy atom. The van der Waals surface area contributed by atoms with Crippen LogP contribution in [0, 0.1) is 0 Å². The number of carbonyl (C=O) groups is 1. The highest BCUT2D eigenvalue weighted by Crippen LogP contribution is 2.13. The minimum Gasteiger partial charge on any atom is -0.347 e. The molecule has 0 radical (unpaired) electrons. The standard InChI is InChI=1S/C12H16ClNO/c1-4-12(2,3)14-11(15)9-6-5-7-10(13)8-9/h5-8H,4H2,1-3H3,(H,14,15). The molecular weight excluding hydrogens is 210 g/mol. The summed E-state index contributed by atoms with van der Waals surface area (Å²) in [6.45, 7) is 6.03. The molecule has 1 aromatic carbocycles. The van der Waals surface area contributed by atoms with Crippen LogP contribution in [0.4, 0.5) is 0 Å². The molecule has 0 unspecified atom stereocenters. The van der Waals surface area contributed by atoms with Gasteiger partial charge < -0.3 is 5.32 Å². The Bertz CT molecular complexity index is 360. The van der Waals surface area contributed by atoms with Crippen LogP contribution in [-0.2, 0) is 0 Å². The molecule has 0 saturated carbocycles. The van der Waals surface area contributed by atoms with Crippen molar-refractivity contribution >= 4 is 17.5 Å². The second kappa shape index (κ2) is 4.67. The number of nitrogens with one attached hydrogen (secondary N) is 1. The maximum Gasteiger partial charge on any atom is 0.251 e. The fraction of sp³-hybridized carbons (Fsp3) is 0.417. The number of hydrogen-bond donors (Lipinski definition) is 1. The predicted molar refractivity (Wildman–Crippen MR) is 63.3 cm³/mol. The van der Waals surface area contributed by atoms with Gasteiger partial charge in [-0.15, -0.1) is 0 Å². The molecule has 1 amide bonds. The maximum atomic E-state index is 11.8. The lowest BCUT2D eigenvalue weighted by Crippen LogP contribution is -2.42. The van der Waals surface area contributed by atoms with Gasteiger partial charge in [-0.3, -0.25) is 4.79 Å². The molecule has 15 heavy (non-hydrogen) atoms.